The molecule has 2 rings (SSSR count). The van der Waals surface area contributed by atoms with E-state index in [1.807, 2.05) is 0 Å². The van der Waals surface area contributed by atoms with Crippen LogP contribution in [0.2, 0.25) is 0 Å². The smallest absolute Gasteiger partial charge is 0.0276 e. The molecule has 0 aliphatic carbocycles. The molecule has 0 bridgehead atoms. The SMILES string of the molecule is Cc1ccccc1CCCCCc1ccccc1C. The van der Waals surface area contributed by atoms with Gasteiger partial charge in [0.25, 0.3) is 0 Å². The quantitative estimate of drug-likeness (QED) is 0.615. The highest BCUT2D eigenvalue weighted by Gasteiger charge is 1.99. The summed E-state index contributed by atoms with van der Waals surface area (Å²) in [7, 11) is 0. The fraction of sp³-hybridized carbons (Fsp3) is 0.368. The molecule has 0 fully saturated rings. The van der Waals surface area contributed by atoms with Gasteiger partial charge in [0.05, 0.1) is 0 Å². The van der Waals surface area contributed by atoms with Crippen molar-refractivity contribution < 1.29 is 0 Å². The molecular formula is C19H24. The summed E-state index contributed by atoms with van der Waals surface area (Å²) in [5.74, 6) is 0. The van der Waals surface area contributed by atoms with Gasteiger partial charge in [-0.1, -0.05) is 55.0 Å². The lowest BCUT2D eigenvalue weighted by Crippen LogP contribution is -1.92. The third-order valence-electron chi connectivity index (χ3n) is 3.91. The van der Waals surface area contributed by atoms with Gasteiger partial charge in [-0.15, -0.1) is 0 Å². The van der Waals surface area contributed by atoms with E-state index in [4.69, 9.17) is 0 Å². The van der Waals surface area contributed by atoms with Crippen LogP contribution in [0.5, 0.6) is 0 Å². The van der Waals surface area contributed by atoms with E-state index in [0.717, 1.165) is 0 Å². The second-order valence-corrected chi connectivity index (χ2v) is 5.41. The van der Waals surface area contributed by atoms with Crippen molar-refractivity contribution in [2.75, 3.05) is 0 Å². The molecule has 0 spiro atoms. The zero-order chi connectivity index (χ0) is 13.5. The minimum absolute atomic E-state index is 1.22. The van der Waals surface area contributed by atoms with Gasteiger partial charge in [-0.2, -0.15) is 0 Å². The summed E-state index contributed by atoms with van der Waals surface area (Å²) in [5, 5.41) is 0. The first kappa shape index (κ1) is 13.9. The summed E-state index contributed by atoms with van der Waals surface area (Å²) < 4.78 is 0. The summed E-state index contributed by atoms with van der Waals surface area (Å²) in [5.41, 5.74) is 5.89. The van der Waals surface area contributed by atoms with Crippen molar-refractivity contribution in [1.29, 1.82) is 0 Å². The summed E-state index contributed by atoms with van der Waals surface area (Å²) in [6, 6.07) is 17.5. The fourth-order valence-electron chi connectivity index (χ4n) is 2.59. The summed E-state index contributed by atoms with van der Waals surface area (Å²) >= 11 is 0. The van der Waals surface area contributed by atoms with Gasteiger partial charge in [0.2, 0.25) is 0 Å². The average Bonchev–Trinajstić information content (AvgIpc) is 2.42. The normalized spacial score (nSPS) is 10.6. The Kier molecular flexibility index (Phi) is 5.20. The van der Waals surface area contributed by atoms with Gasteiger partial charge >= 0.3 is 0 Å². The summed E-state index contributed by atoms with van der Waals surface area (Å²) in [6.45, 7) is 4.42. The molecule has 0 aliphatic heterocycles. The van der Waals surface area contributed by atoms with E-state index in [-0.39, 0.29) is 0 Å². The lowest BCUT2D eigenvalue weighted by molar-refractivity contribution is 0.676. The fourth-order valence-corrected chi connectivity index (χ4v) is 2.59. The van der Waals surface area contributed by atoms with Gasteiger partial charge in [-0.05, 0) is 61.8 Å². The van der Waals surface area contributed by atoms with E-state index in [0.29, 0.717) is 0 Å². The molecule has 0 heteroatoms. The highest BCUT2D eigenvalue weighted by atomic mass is 14.0. The third kappa shape index (κ3) is 4.24. The van der Waals surface area contributed by atoms with Crippen LogP contribution in [0, 0.1) is 13.8 Å². The van der Waals surface area contributed by atoms with E-state index in [2.05, 4.69) is 62.4 Å². The molecule has 0 saturated carbocycles. The number of rotatable bonds is 6. The van der Waals surface area contributed by atoms with Crippen LogP contribution in [0.15, 0.2) is 48.5 Å². The Morgan fingerprint density at radius 3 is 1.42 bits per heavy atom. The predicted octanol–water partition coefficient (Wildman–Crippen LogP) is 5.26. The van der Waals surface area contributed by atoms with Crippen molar-refractivity contribution in [3.8, 4) is 0 Å². The maximum atomic E-state index is 2.26. The van der Waals surface area contributed by atoms with Gasteiger partial charge in [0.15, 0.2) is 0 Å². The van der Waals surface area contributed by atoms with Crippen LogP contribution in [0.4, 0.5) is 0 Å². The number of benzene rings is 2. The van der Waals surface area contributed by atoms with E-state index >= 15 is 0 Å². The van der Waals surface area contributed by atoms with E-state index < -0.39 is 0 Å². The Balaban J connectivity index is 1.71. The standard InChI is InChI=1S/C19H24/c1-16-10-6-8-14-18(16)12-4-3-5-13-19-15-9-7-11-17(19)2/h6-11,14-15H,3-5,12-13H2,1-2H3. The molecular weight excluding hydrogens is 228 g/mol. The first-order valence-corrected chi connectivity index (χ1v) is 7.36. The molecule has 2 aromatic carbocycles. The average molecular weight is 252 g/mol. The van der Waals surface area contributed by atoms with Crippen LogP contribution in [-0.4, -0.2) is 0 Å². The Morgan fingerprint density at radius 2 is 1.00 bits per heavy atom. The lowest BCUT2D eigenvalue weighted by atomic mass is 9.99. The summed E-state index contributed by atoms with van der Waals surface area (Å²) in [4.78, 5) is 0. The van der Waals surface area contributed by atoms with Gasteiger partial charge in [0.1, 0.15) is 0 Å². The third-order valence-corrected chi connectivity index (χ3v) is 3.91. The van der Waals surface area contributed by atoms with Crippen LogP contribution in [-0.2, 0) is 12.8 Å². The molecule has 0 nitrogen and oxygen atoms in total. The molecule has 100 valence electrons. The Hall–Kier alpha value is -1.56. The van der Waals surface area contributed by atoms with Crippen LogP contribution in [0.25, 0.3) is 0 Å². The topological polar surface area (TPSA) is 0 Å². The molecule has 0 unspecified atom stereocenters. The molecule has 0 heterocycles. The number of hydrogen-bond donors (Lipinski definition) is 0. The van der Waals surface area contributed by atoms with Gasteiger partial charge in [0, 0.05) is 0 Å². The zero-order valence-corrected chi connectivity index (χ0v) is 12.2. The number of unbranched alkanes of at least 4 members (excludes halogenated alkanes) is 2. The molecule has 0 saturated heterocycles. The Labute approximate surface area is 117 Å². The van der Waals surface area contributed by atoms with Crippen LogP contribution in [0.1, 0.15) is 41.5 Å². The largest absolute Gasteiger partial charge is 0.0620 e. The minimum Gasteiger partial charge on any atom is -0.0620 e. The molecule has 0 aromatic heterocycles. The van der Waals surface area contributed by atoms with Gasteiger partial charge < -0.3 is 0 Å². The Morgan fingerprint density at radius 1 is 0.579 bits per heavy atom. The van der Waals surface area contributed by atoms with E-state index in [9.17, 15) is 0 Å². The van der Waals surface area contributed by atoms with Crippen molar-refractivity contribution in [2.24, 2.45) is 0 Å². The minimum atomic E-state index is 1.22. The molecule has 2 aromatic rings. The van der Waals surface area contributed by atoms with Crippen molar-refractivity contribution in [3.05, 3.63) is 70.8 Å². The van der Waals surface area contributed by atoms with Crippen LogP contribution in [0.3, 0.4) is 0 Å². The van der Waals surface area contributed by atoms with Crippen LogP contribution < -0.4 is 0 Å². The molecule has 0 atom stereocenters. The molecule has 0 aliphatic rings. The molecule has 0 N–H and O–H groups in total. The van der Waals surface area contributed by atoms with Crippen molar-refractivity contribution in [2.45, 2.75) is 46.0 Å². The van der Waals surface area contributed by atoms with E-state index in [1.165, 1.54) is 54.4 Å². The Bertz CT molecular complexity index is 463. The maximum Gasteiger partial charge on any atom is -0.0276 e. The van der Waals surface area contributed by atoms with E-state index in [1.54, 1.807) is 0 Å². The first-order chi connectivity index (χ1) is 9.27. The maximum absolute atomic E-state index is 2.26. The summed E-state index contributed by atoms with van der Waals surface area (Å²) in [6.07, 6.45) is 6.37. The lowest BCUT2D eigenvalue weighted by Gasteiger charge is -2.07. The van der Waals surface area contributed by atoms with Crippen molar-refractivity contribution >= 4 is 0 Å². The molecule has 0 radical (unpaired) electrons. The van der Waals surface area contributed by atoms with Crippen molar-refractivity contribution in [3.63, 3.8) is 0 Å². The number of aryl methyl sites for hydroxylation is 4. The first-order valence-electron chi connectivity index (χ1n) is 7.36. The van der Waals surface area contributed by atoms with Crippen LogP contribution >= 0.6 is 0 Å². The van der Waals surface area contributed by atoms with Crippen molar-refractivity contribution in [1.82, 2.24) is 0 Å². The second kappa shape index (κ2) is 7.13. The van der Waals surface area contributed by atoms with Gasteiger partial charge in [-0.25, -0.2) is 0 Å². The van der Waals surface area contributed by atoms with Gasteiger partial charge in [-0.3, -0.25) is 0 Å². The monoisotopic (exact) mass is 252 g/mol. The zero-order valence-electron chi connectivity index (χ0n) is 12.2. The number of hydrogen-bond acceptors (Lipinski definition) is 0. The predicted molar refractivity (Wildman–Crippen MR) is 83.6 cm³/mol. The second-order valence-electron chi connectivity index (χ2n) is 5.41. The highest BCUT2D eigenvalue weighted by Crippen LogP contribution is 2.14. The molecule has 0 amide bonds. The molecule has 19 heavy (non-hydrogen) atoms. The highest BCUT2D eigenvalue weighted by molar-refractivity contribution is 5.26.